The lowest BCUT2D eigenvalue weighted by atomic mass is 9.95. The van der Waals surface area contributed by atoms with E-state index in [2.05, 4.69) is 30.7 Å². The topological polar surface area (TPSA) is 49.6 Å². The molecule has 1 aromatic rings. The van der Waals surface area contributed by atoms with Gasteiger partial charge in [0, 0.05) is 5.92 Å². The summed E-state index contributed by atoms with van der Waals surface area (Å²) in [6.45, 7) is 8.25. The van der Waals surface area contributed by atoms with Crippen molar-refractivity contribution in [1.82, 2.24) is 9.97 Å². The first-order valence-corrected chi connectivity index (χ1v) is 4.80. The van der Waals surface area contributed by atoms with E-state index < -0.39 is 0 Å². The van der Waals surface area contributed by atoms with Crippen molar-refractivity contribution in [2.24, 2.45) is 5.92 Å². The molecule has 0 amide bonds. The number of nitriles is 1. The summed E-state index contributed by atoms with van der Waals surface area (Å²) in [5.41, 5.74) is 2.11. The van der Waals surface area contributed by atoms with Gasteiger partial charge < -0.3 is 0 Å². The van der Waals surface area contributed by atoms with E-state index in [0.29, 0.717) is 17.5 Å². The predicted octanol–water partition coefficient (Wildman–Crippen LogP) is 2.42. The number of rotatable bonds is 2. The Balaban J connectivity index is 3.04. The number of nitrogens with zero attached hydrogens (tertiary/aromatic N) is 3. The first-order valence-electron chi connectivity index (χ1n) is 4.80. The molecule has 1 rings (SSSR count). The fraction of sp³-hybridized carbons (Fsp3) is 0.545. The van der Waals surface area contributed by atoms with Gasteiger partial charge in [0.25, 0.3) is 0 Å². The molecule has 74 valence electrons. The highest BCUT2D eigenvalue weighted by atomic mass is 14.8. The lowest BCUT2D eigenvalue weighted by Gasteiger charge is -2.14. The molecule has 14 heavy (non-hydrogen) atoms. The molecule has 0 spiro atoms. The zero-order valence-electron chi connectivity index (χ0n) is 9.07. The van der Waals surface area contributed by atoms with Crippen molar-refractivity contribution in [2.45, 2.75) is 33.6 Å². The van der Waals surface area contributed by atoms with Gasteiger partial charge in [-0.05, 0) is 12.8 Å². The molecule has 3 heteroatoms. The van der Waals surface area contributed by atoms with Crippen LogP contribution in [-0.4, -0.2) is 9.97 Å². The number of aromatic nitrogens is 2. The molecule has 0 radical (unpaired) electrons. The van der Waals surface area contributed by atoms with E-state index in [0.717, 1.165) is 11.4 Å². The average molecular weight is 189 g/mol. The lowest BCUT2D eigenvalue weighted by Crippen LogP contribution is -2.07. The van der Waals surface area contributed by atoms with Gasteiger partial charge in [0.05, 0.1) is 17.6 Å². The molecule has 0 saturated carbocycles. The molecule has 0 saturated heterocycles. The molecule has 1 heterocycles. The third-order valence-corrected chi connectivity index (χ3v) is 2.54. The maximum Gasteiger partial charge on any atom is 0.161 e. The van der Waals surface area contributed by atoms with Crippen molar-refractivity contribution in [3.63, 3.8) is 0 Å². The zero-order valence-corrected chi connectivity index (χ0v) is 9.07. The first-order chi connectivity index (χ1) is 6.56. The third kappa shape index (κ3) is 2.08. The second-order valence-corrected chi connectivity index (χ2v) is 3.87. The van der Waals surface area contributed by atoms with Crippen LogP contribution in [0, 0.1) is 24.2 Å². The minimum absolute atomic E-state index is 0.383. The van der Waals surface area contributed by atoms with Crippen LogP contribution in [0.25, 0.3) is 0 Å². The lowest BCUT2D eigenvalue weighted by molar-refractivity contribution is 0.520. The highest BCUT2D eigenvalue weighted by Gasteiger charge is 2.13. The third-order valence-electron chi connectivity index (χ3n) is 2.54. The van der Waals surface area contributed by atoms with Gasteiger partial charge in [0.2, 0.25) is 0 Å². The summed E-state index contributed by atoms with van der Waals surface area (Å²) in [6.07, 6.45) is 1.70. The largest absolute Gasteiger partial charge is 0.253 e. The van der Waals surface area contributed by atoms with E-state index in [4.69, 9.17) is 5.26 Å². The maximum absolute atomic E-state index is 8.70. The summed E-state index contributed by atoms with van der Waals surface area (Å²) in [6, 6.07) is 2.02. The Labute approximate surface area is 84.8 Å². The summed E-state index contributed by atoms with van der Waals surface area (Å²) in [4.78, 5) is 8.46. The van der Waals surface area contributed by atoms with Crippen LogP contribution in [0.1, 0.15) is 43.8 Å². The summed E-state index contributed by atoms with van der Waals surface area (Å²) in [5.74, 6) is 0.922. The molecule has 0 aliphatic carbocycles. The Morgan fingerprint density at radius 1 is 1.36 bits per heavy atom. The fourth-order valence-electron chi connectivity index (χ4n) is 1.17. The van der Waals surface area contributed by atoms with Gasteiger partial charge in [-0.3, -0.25) is 4.98 Å². The molecule has 1 atom stereocenters. The molecule has 0 fully saturated rings. The van der Waals surface area contributed by atoms with E-state index in [9.17, 15) is 0 Å². The van der Waals surface area contributed by atoms with Crippen LogP contribution >= 0.6 is 0 Å². The van der Waals surface area contributed by atoms with Crippen LogP contribution in [0.15, 0.2) is 6.20 Å². The van der Waals surface area contributed by atoms with Crippen LogP contribution in [-0.2, 0) is 0 Å². The normalized spacial score (nSPS) is 12.6. The maximum atomic E-state index is 8.70. The molecule has 1 unspecified atom stereocenters. The number of aryl methyl sites for hydroxylation is 1. The summed E-state index contributed by atoms with van der Waals surface area (Å²) in [7, 11) is 0. The quantitative estimate of drug-likeness (QED) is 0.717. The van der Waals surface area contributed by atoms with E-state index in [1.165, 1.54) is 0 Å². The molecule has 0 N–H and O–H groups in total. The van der Waals surface area contributed by atoms with Gasteiger partial charge in [-0.2, -0.15) is 5.26 Å². The van der Waals surface area contributed by atoms with E-state index in [-0.39, 0.29) is 0 Å². The van der Waals surface area contributed by atoms with Gasteiger partial charge in [0.15, 0.2) is 5.69 Å². The summed E-state index contributed by atoms with van der Waals surface area (Å²) >= 11 is 0. The Hall–Kier alpha value is -1.43. The molecule has 0 bridgehead atoms. The number of hydrogen-bond donors (Lipinski definition) is 0. The monoisotopic (exact) mass is 189 g/mol. The van der Waals surface area contributed by atoms with Gasteiger partial charge in [0.1, 0.15) is 6.07 Å². The van der Waals surface area contributed by atoms with Crippen molar-refractivity contribution in [2.75, 3.05) is 0 Å². The second kappa shape index (κ2) is 4.19. The SMILES string of the molecule is Cc1nc(C(C)C(C)C)cnc1C#N. The van der Waals surface area contributed by atoms with E-state index >= 15 is 0 Å². The van der Waals surface area contributed by atoms with Gasteiger partial charge in [-0.1, -0.05) is 20.8 Å². The summed E-state index contributed by atoms with van der Waals surface area (Å²) in [5, 5.41) is 8.70. The molecule has 0 aromatic carbocycles. The van der Waals surface area contributed by atoms with Crippen molar-refractivity contribution in [1.29, 1.82) is 5.26 Å². The van der Waals surface area contributed by atoms with Crippen molar-refractivity contribution >= 4 is 0 Å². The van der Waals surface area contributed by atoms with Gasteiger partial charge >= 0.3 is 0 Å². The smallest absolute Gasteiger partial charge is 0.161 e. The molecular formula is C11H15N3. The minimum atomic E-state index is 0.383. The second-order valence-electron chi connectivity index (χ2n) is 3.87. The van der Waals surface area contributed by atoms with Crippen molar-refractivity contribution in [3.05, 3.63) is 23.3 Å². The Kier molecular flexibility index (Phi) is 3.19. The number of hydrogen-bond acceptors (Lipinski definition) is 3. The molecule has 3 nitrogen and oxygen atoms in total. The highest BCUT2D eigenvalue weighted by molar-refractivity contribution is 5.25. The minimum Gasteiger partial charge on any atom is -0.253 e. The van der Waals surface area contributed by atoms with Crippen LogP contribution in [0.2, 0.25) is 0 Å². The van der Waals surface area contributed by atoms with Crippen molar-refractivity contribution in [3.8, 4) is 6.07 Å². The molecule has 0 aliphatic heterocycles. The predicted molar refractivity (Wildman–Crippen MR) is 54.7 cm³/mol. The average Bonchev–Trinajstić information content (AvgIpc) is 2.16. The molecule has 1 aromatic heterocycles. The Bertz CT molecular complexity index is 363. The fourth-order valence-corrected chi connectivity index (χ4v) is 1.17. The van der Waals surface area contributed by atoms with Gasteiger partial charge in [-0.15, -0.1) is 0 Å². The molecule has 0 aliphatic rings. The Morgan fingerprint density at radius 2 is 2.00 bits per heavy atom. The van der Waals surface area contributed by atoms with Crippen LogP contribution in [0.4, 0.5) is 0 Å². The van der Waals surface area contributed by atoms with Crippen LogP contribution in [0.3, 0.4) is 0 Å². The highest BCUT2D eigenvalue weighted by Crippen LogP contribution is 2.21. The van der Waals surface area contributed by atoms with Crippen LogP contribution in [0.5, 0.6) is 0 Å². The van der Waals surface area contributed by atoms with E-state index in [1.54, 1.807) is 6.20 Å². The molecular weight excluding hydrogens is 174 g/mol. The Morgan fingerprint density at radius 3 is 2.43 bits per heavy atom. The van der Waals surface area contributed by atoms with Crippen molar-refractivity contribution < 1.29 is 0 Å². The van der Waals surface area contributed by atoms with E-state index in [1.807, 2.05) is 13.0 Å². The summed E-state index contributed by atoms with van der Waals surface area (Å²) < 4.78 is 0. The zero-order chi connectivity index (χ0) is 10.7. The standard InChI is InChI=1S/C11H15N3/c1-7(2)8(3)11-6-13-10(5-12)9(4)14-11/h6-8H,1-4H3. The van der Waals surface area contributed by atoms with Crippen LogP contribution < -0.4 is 0 Å². The first kappa shape index (κ1) is 10.6. The van der Waals surface area contributed by atoms with Gasteiger partial charge in [-0.25, -0.2) is 4.98 Å².